The summed E-state index contributed by atoms with van der Waals surface area (Å²) < 4.78 is 26.9. The summed E-state index contributed by atoms with van der Waals surface area (Å²) in [6.07, 6.45) is -1.23. The largest absolute Gasteiger partial charge is 0.386 e. The first-order chi connectivity index (χ1) is 9.08. The van der Waals surface area contributed by atoms with E-state index in [0.717, 1.165) is 23.4 Å². The molecule has 0 bridgehead atoms. The fraction of sp³-hybridized carbons (Fsp3) is 0.200. The highest BCUT2D eigenvalue weighted by atomic mass is 19.1. The van der Waals surface area contributed by atoms with Crippen LogP contribution in [-0.4, -0.2) is 11.7 Å². The van der Waals surface area contributed by atoms with Crippen molar-refractivity contribution in [2.24, 2.45) is 0 Å². The van der Waals surface area contributed by atoms with Gasteiger partial charge in [0.2, 0.25) is 0 Å². The van der Waals surface area contributed by atoms with Crippen LogP contribution in [0.5, 0.6) is 0 Å². The molecule has 19 heavy (non-hydrogen) atoms. The zero-order valence-electron chi connectivity index (χ0n) is 10.5. The van der Waals surface area contributed by atoms with E-state index in [2.05, 4.69) is 5.32 Å². The van der Waals surface area contributed by atoms with Gasteiger partial charge in [0.25, 0.3) is 0 Å². The molecular weight excluding hydrogens is 248 g/mol. The quantitative estimate of drug-likeness (QED) is 0.886. The normalized spacial score (nSPS) is 12.2. The Balaban J connectivity index is 2.05. The van der Waals surface area contributed by atoms with Crippen molar-refractivity contribution in [2.75, 3.05) is 11.9 Å². The SMILES string of the molecule is Cc1ccc(NCC(O)c2c(F)cccc2F)cc1. The maximum atomic E-state index is 13.5. The van der Waals surface area contributed by atoms with Crippen LogP contribution in [-0.2, 0) is 0 Å². The Labute approximate surface area is 110 Å². The smallest absolute Gasteiger partial charge is 0.132 e. The first kappa shape index (κ1) is 13.5. The highest BCUT2D eigenvalue weighted by Crippen LogP contribution is 2.21. The van der Waals surface area contributed by atoms with Gasteiger partial charge in [0.1, 0.15) is 17.7 Å². The molecule has 0 heterocycles. The number of benzene rings is 2. The van der Waals surface area contributed by atoms with Crippen LogP contribution in [0.3, 0.4) is 0 Å². The van der Waals surface area contributed by atoms with Gasteiger partial charge in [0.05, 0.1) is 5.56 Å². The fourth-order valence-electron chi connectivity index (χ4n) is 1.82. The van der Waals surface area contributed by atoms with Gasteiger partial charge in [-0.1, -0.05) is 23.8 Å². The monoisotopic (exact) mass is 263 g/mol. The number of rotatable bonds is 4. The second-order valence-corrected chi connectivity index (χ2v) is 4.40. The highest BCUT2D eigenvalue weighted by molar-refractivity contribution is 5.44. The Kier molecular flexibility index (Phi) is 4.12. The number of aliphatic hydroxyl groups is 1. The van der Waals surface area contributed by atoms with Crippen molar-refractivity contribution < 1.29 is 13.9 Å². The molecule has 0 amide bonds. The molecule has 0 spiro atoms. The molecule has 0 aliphatic carbocycles. The molecule has 0 saturated carbocycles. The van der Waals surface area contributed by atoms with E-state index in [-0.39, 0.29) is 12.1 Å². The molecule has 0 saturated heterocycles. The minimum absolute atomic E-state index is 0.0426. The third-order valence-corrected chi connectivity index (χ3v) is 2.88. The molecule has 4 heteroatoms. The van der Waals surface area contributed by atoms with Gasteiger partial charge in [-0.3, -0.25) is 0 Å². The van der Waals surface area contributed by atoms with Crippen molar-refractivity contribution in [1.29, 1.82) is 0 Å². The van der Waals surface area contributed by atoms with Crippen molar-refractivity contribution >= 4 is 5.69 Å². The number of aliphatic hydroxyl groups excluding tert-OH is 1. The summed E-state index contributed by atoms with van der Waals surface area (Å²) in [7, 11) is 0. The summed E-state index contributed by atoms with van der Waals surface area (Å²) >= 11 is 0. The van der Waals surface area contributed by atoms with Gasteiger partial charge in [0.15, 0.2) is 0 Å². The first-order valence-corrected chi connectivity index (χ1v) is 6.00. The van der Waals surface area contributed by atoms with Crippen molar-refractivity contribution in [3.63, 3.8) is 0 Å². The average Bonchev–Trinajstić information content (AvgIpc) is 2.38. The lowest BCUT2D eigenvalue weighted by Gasteiger charge is -2.14. The maximum absolute atomic E-state index is 13.5. The average molecular weight is 263 g/mol. The minimum Gasteiger partial charge on any atom is -0.386 e. The van der Waals surface area contributed by atoms with E-state index in [1.54, 1.807) is 0 Å². The molecular formula is C15H15F2NO. The van der Waals surface area contributed by atoms with Gasteiger partial charge < -0.3 is 10.4 Å². The van der Waals surface area contributed by atoms with Crippen LogP contribution < -0.4 is 5.32 Å². The Bertz CT molecular complexity index is 534. The minimum atomic E-state index is -1.23. The zero-order valence-corrected chi connectivity index (χ0v) is 10.5. The van der Waals surface area contributed by atoms with E-state index in [0.29, 0.717) is 0 Å². The van der Waals surface area contributed by atoms with E-state index in [9.17, 15) is 13.9 Å². The molecule has 1 atom stereocenters. The Morgan fingerprint density at radius 3 is 2.21 bits per heavy atom. The van der Waals surface area contributed by atoms with Crippen molar-refractivity contribution in [1.82, 2.24) is 0 Å². The lowest BCUT2D eigenvalue weighted by atomic mass is 10.1. The van der Waals surface area contributed by atoms with Crippen LogP contribution in [0.25, 0.3) is 0 Å². The van der Waals surface area contributed by atoms with E-state index < -0.39 is 17.7 Å². The summed E-state index contributed by atoms with van der Waals surface area (Å²) in [5.74, 6) is -1.48. The van der Waals surface area contributed by atoms with Gasteiger partial charge in [-0.05, 0) is 31.2 Å². The molecule has 0 fully saturated rings. The van der Waals surface area contributed by atoms with Crippen molar-refractivity contribution in [3.8, 4) is 0 Å². The van der Waals surface area contributed by atoms with Crippen LogP contribution in [0.4, 0.5) is 14.5 Å². The number of halogens is 2. The van der Waals surface area contributed by atoms with Gasteiger partial charge in [-0.2, -0.15) is 0 Å². The summed E-state index contributed by atoms with van der Waals surface area (Å²) in [5, 5.41) is 12.8. The number of nitrogens with one attached hydrogen (secondary N) is 1. The summed E-state index contributed by atoms with van der Waals surface area (Å²) in [5.41, 5.74) is 1.61. The van der Waals surface area contributed by atoms with Gasteiger partial charge in [0, 0.05) is 12.2 Å². The molecule has 100 valence electrons. The van der Waals surface area contributed by atoms with E-state index >= 15 is 0 Å². The topological polar surface area (TPSA) is 32.3 Å². The number of aryl methyl sites for hydroxylation is 1. The van der Waals surface area contributed by atoms with Crippen LogP contribution in [0.15, 0.2) is 42.5 Å². The molecule has 2 N–H and O–H groups in total. The summed E-state index contributed by atoms with van der Waals surface area (Å²) in [6, 6.07) is 11.1. The van der Waals surface area contributed by atoms with E-state index in [4.69, 9.17) is 0 Å². The van der Waals surface area contributed by atoms with Gasteiger partial charge in [-0.25, -0.2) is 8.78 Å². The lowest BCUT2D eigenvalue weighted by molar-refractivity contribution is 0.181. The molecule has 2 nitrogen and oxygen atoms in total. The maximum Gasteiger partial charge on any atom is 0.132 e. The van der Waals surface area contributed by atoms with Gasteiger partial charge in [-0.15, -0.1) is 0 Å². The summed E-state index contributed by atoms with van der Waals surface area (Å²) in [6.45, 7) is 2.01. The predicted molar refractivity (Wildman–Crippen MR) is 71.0 cm³/mol. The first-order valence-electron chi connectivity index (χ1n) is 6.00. The Morgan fingerprint density at radius 2 is 1.63 bits per heavy atom. The van der Waals surface area contributed by atoms with Gasteiger partial charge >= 0.3 is 0 Å². The van der Waals surface area contributed by atoms with Crippen molar-refractivity contribution in [2.45, 2.75) is 13.0 Å². The van der Waals surface area contributed by atoms with E-state index in [1.807, 2.05) is 31.2 Å². The standard InChI is InChI=1S/C15H15F2NO/c1-10-5-7-11(8-6-10)18-9-14(19)15-12(16)3-2-4-13(15)17/h2-8,14,18-19H,9H2,1H3. The number of hydrogen-bond acceptors (Lipinski definition) is 2. The molecule has 2 rings (SSSR count). The van der Waals surface area contributed by atoms with Crippen LogP contribution in [0.2, 0.25) is 0 Å². The second-order valence-electron chi connectivity index (χ2n) is 4.40. The molecule has 2 aromatic rings. The Hall–Kier alpha value is -1.94. The second kappa shape index (κ2) is 5.80. The van der Waals surface area contributed by atoms with Crippen LogP contribution in [0, 0.1) is 18.6 Å². The molecule has 2 aromatic carbocycles. The number of hydrogen-bond donors (Lipinski definition) is 2. The highest BCUT2D eigenvalue weighted by Gasteiger charge is 2.17. The van der Waals surface area contributed by atoms with Crippen LogP contribution in [0.1, 0.15) is 17.2 Å². The van der Waals surface area contributed by atoms with E-state index in [1.165, 1.54) is 6.07 Å². The van der Waals surface area contributed by atoms with Crippen LogP contribution >= 0.6 is 0 Å². The molecule has 0 radical (unpaired) electrons. The third-order valence-electron chi connectivity index (χ3n) is 2.88. The summed E-state index contributed by atoms with van der Waals surface area (Å²) in [4.78, 5) is 0. The molecule has 0 aliphatic rings. The Morgan fingerprint density at radius 1 is 1.05 bits per heavy atom. The molecule has 1 unspecified atom stereocenters. The third kappa shape index (κ3) is 3.29. The lowest BCUT2D eigenvalue weighted by Crippen LogP contribution is -2.15. The number of anilines is 1. The zero-order chi connectivity index (χ0) is 13.8. The molecule has 0 aromatic heterocycles. The predicted octanol–water partition coefficient (Wildman–Crippen LogP) is 3.42. The van der Waals surface area contributed by atoms with Crippen molar-refractivity contribution in [3.05, 3.63) is 65.2 Å². The fourth-order valence-corrected chi connectivity index (χ4v) is 1.82. The molecule has 0 aliphatic heterocycles.